The fraction of sp³-hybridized carbons (Fsp3) is 0.846. The van der Waals surface area contributed by atoms with Gasteiger partial charge in [0.2, 0.25) is 11.8 Å². The van der Waals surface area contributed by atoms with Gasteiger partial charge in [-0.25, -0.2) is 0 Å². The number of carbonyl (C=O) groups excluding carboxylic acids is 2. The van der Waals surface area contributed by atoms with E-state index in [1.807, 2.05) is 18.7 Å². The van der Waals surface area contributed by atoms with Gasteiger partial charge in [-0.2, -0.15) is 0 Å². The Morgan fingerprint density at radius 1 is 1.41 bits per heavy atom. The van der Waals surface area contributed by atoms with Crippen molar-refractivity contribution in [3.8, 4) is 0 Å². The van der Waals surface area contributed by atoms with Crippen LogP contribution in [0.5, 0.6) is 0 Å². The van der Waals surface area contributed by atoms with Crippen LogP contribution in [-0.2, 0) is 9.59 Å². The predicted octanol–water partition coefficient (Wildman–Crippen LogP) is 1.16. The van der Waals surface area contributed by atoms with E-state index in [0.29, 0.717) is 5.41 Å². The van der Waals surface area contributed by atoms with Crippen molar-refractivity contribution >= 4 is 11.8 Å². The molecule has 0 aromatic carbocycles. The third-order valence-electron chi connectivity index (χ3n) is 4.18. The van der Waals surface area contributed by atoms with Gasteiger partial charge in [-0.05, 0) is 30.6 Å². The SMILES string of the molecule is CCC1(CN2C(=O)CNC(=O)C2C(C)C)CC1. The van der Waals surface area contributed by atoms with Crippen LogP contribution in [0.3, 0.4) is 0 Å². The average molecular weight is 238 g/mol. The van der Waals surface area contributed by atoms with Crippen LogP contribution in [0.4, 0.5) is 0 Å². The first kappa shape index (κ1) is 12.4. The molecule has 96 valence electrons. The van der Waals surface area contributed by atoms with Crippen molar-refractivity contribution in [2.45, 2.75) is 46.1 Å². The topological polar surface area (TPSA) is 49.4 Å². The summed E-state index contributed by atoms with van der Waals surface area (Å²) in [6.45, 7) is 7.11. The van der Waals surface area contributed by atoms with E-state index in [1.54, 1.807) is 0 Å². The van der Waals surface area contributed by atoms with Crippen LogP contribution in [0.25, 0.3) is 0 Å². The second kappa shape index (κ2) is 4.31. The molecule has 2 rings (SSSR count). The molecule has 2 fully saturated rings. The van der Waals surface area contributed by atoms with E-state index >= 15 is 0 Å². The van der Waals surface area contributed by atoms with E-state index < -0.39 is 0 Å². The molecule has 1 heterocycles. The van der Waals surface area contributed by atoms with Gasteiger partial charge in [0.05, 0.1) is 6.54 Å². The molecule has 0 bridgehead atoms. The molecule has 1 atom stereocenters. The molecule has 0 spiro atoms. The minimum absolute atomic E-state index is 0.00602. The highest BCUT2D eigenvalue weighted by Crippen LogP contribution is 2.49. The minimum Gasteiger partial charge on any atom is -0.345 e. The molecule has 1 saturated heterocycles. The molecule has 1 saturated carbocycles. The average Bonchev–Trinajstić information content (AvgIpc) is 3.04. The van der Waals surface area contributed by atoms with Gasteiger partial charge >= 0.3 is 0 Å². The van der Waals surface area contributed by atoms with Crippen molar-refractivity contribution in [3.63, 3.8) is 0 Å². The van der Waals surface area contributed by atoms with Gasteiger partial charge in [0.15, 0.2) is 0 Å². The normalized spacial score (nSPS) is 27.3. The van der Waals surface area contributed by atoms with Gasteiger partial charge in [0.1, 0.15) is 6.04 Å². The maximum Gasteiger partial charge on any atom is 0.243 e. The number of hydrogen-bond donors (Lipinski definition) is 1. The molecule has 0 aromatic heterocycles. The van der Waals surface area contributed by atoms with E-state index in [-0.39, 0.29) is 30.3 Å². The summed E-state index contributed by atoms with van der Waals surface area (Å²) in [5.41, 5.74) is 0.306. The highest BCUT2D eigenvalue weighted by Gasteiger charge is 2.46. The first-order valence-electron chi connectivity index (χ1n) is 6.56. The number of carbonyl (C=O) groups is 2. The molecule has 0 radical (unpaired) electrons. The molecule has 4 nitrogen and oxygen atoms in total. The number of nitrogens with one attached hydrogen (secondary N) is 1. The van der Waals surface area contributed by atoms with Crippen LogP contribution >= 0.6 is 0 Å². The summed E-state index contributed by atoms with van der Waals surface area (Å²) in [5, 5.41) is 2.69. The Morgan fingerprint density at radius 2 is 2.06 bits per heavy atom. The van der Waals surface area contributed by atoms with E-state index in [9.17, 15) is 9.59 Å². The Kier molecular flexibility index (Phi) is 3.15. The molecule has 0 aromatic rings. The summed E-state index contributed by atoms with van der Waals surface area (Å²) in [7, 11) is 0. The lowest BCUT2D eigenvalue weighted by Crippen LogP contribution is -2.61. The number of amides is 2. The lowest BCUT2D eigenvalue weighted by molar-refractivity contribution is -0.148. The molecule has 1 aliphatic carbocycles. The second-order valence-corrected chi connectivity index (χ2v) is 5.78. The molecule has 4 heteroatoms. The molecule has 1 unspecified atom stereocenters. The molecule has 2 amide bonds. The quantitative estimate of drug-likeness (QED) is 0.799. The summed E-state index contributed by atoms with van der Waals surface area (Å²) < 4.78 is 0. The lowest BCUT2D eigenvalue weighted by atomic mass is 9.95. The van der Waals surface area contributed by atoms with Gasteiger partial charge in [-0.1, -0.05) is 20.8 Å². The Bertz CT molecular complexity index is 334. The molecule has 17 heavy (non-hydrogen) atoms. The van der Waals surface area contributed by atoms with Crippen molar-refractivity contribution in [3.05, 3.63) is 0 Å². The van der Waals surface area contributed by atoms with Gasteiger partial charge < -0.3 is 10.2 Å². The highest BCUT2D eigenvalue weighted by atomic mass is 16.2. The maximum atomic E-state index is 12.0. The van der Waals surface area contributed by atoms with Crippen molar-refractivity contribution in [2.75, 3.05) is 13.1 Å². The standard InChI is InChI=1S/C13H22N2O2/c1-4-13(5-6-13)8-15-10(16)7-14-12(17)11(15)9(2)3/h9,11H,4-8H2,1-3H3,(H,14,17). The molecule has 2 aliphatic rings. The van der Waals surface area contributed by atoms with E-state index in [1.165, 1.54) is 12.8 Å². The zero-order chi connectivity index (χ0) is 12.6. The van der Waals surface area contributed by atoms with Crippen LogP contribution < -0.4 is 5.32 Å². The summed E-state index contributed by atoms with van der Waals surface area (Å²) in [4.78, 5) is 25.7. The monoisotopic (exact) mass is 238 g/mol. The third kappa shape index (κ3) is 2.31. The largest absolute Gasteiger partial charge is 0.345 e. The summed E-state index contributed by atoms with van der Waals surface area (Å²) >= 11 is 0. The zero-order valence-corrected chi connectivity index (χ0v) is 11.0. The second-order valence-electron chi connectivity index (χ2n) is 5.78. The van der Waals surface area contributed by atoms with E-state index in [0.717, 1.165) is 13.0 Å². The minimum atomic E-state index is -0.278. The van der Waals surface area contributed by atoms with Gasteiger partial charge in [0, 0.05) is 6.54 Å². The van der Waals surface area contributed by atoms with Crippen LogP contribution in [0.15, 0.2) is 0 Å². The van der Waals surface area contributed by atoms with Crippen LogP contribution in [0, 0.1) is 11.3 Å². The van der Waals surface area contributed by atoms with E-state index in [4.69, 9.17) is 0 Å². The van der Waals surface area contributed by atoms with Crippen LogP contribution in [-0.4, -0.2) is 35.8 Å². The zero-order valence-electron chi connectivity index (χ0n) is 11.0. The predicted molar refractivity (Wildman–Crippen MR) is 65.3 cm³/mol. The number of piperazine rings is 1. The van der Waals surface area contributed by atoms with Gasteiger partial charge in [-0.3, -0.25) is 9.59 Å². The van der Waals surface area contributed by atoms with Crippen LogP contribution in [0.2, 0.25) is 0 Å². The third-order valence-corrected chi connectivity index (χ3v) is 4.18. The van der Waals surface area contributed by atoms with Gasteiger partial charge in [0.25, 0.3) is 0 Å². The van der Waals surface area contributed by atoms with Crippen LogP contribution in [0.1, 0.15) is 40.0 Å². The van der Waals surface area contributed by atoms with Crippen molar-refractivity contribution < 1.29 is 9.59 Å². The van der Waals surface area contributed by atoms with Gasteiger partial charge in [-0.15, -0.1) is 0 Å². The van der Waals surface area contributed by atoms with Crippen molar-refractivity contribution in [2.24, 2.45) is 11.3 Å². The molecular formula is C13H22N2O2. The fourth-order valence-electron chi connectivity index (χ4n) is 2.68. The first-order chi connectivity index (χ1) is 7.99. The first-order valence-corrected chi connectivity index (χ1v) is 6.56. The number of rotatable bonds is 4. The fourth-order valence-corrected chi connectivity index (χ4v) is 2.68. The lowest BCUT2D eigenvalue weighted by Gasteiger charge is -2.39. The Hall–Kier alpha value is -1.06. The van der Waals surface area contributed by atoms with Crippen molar-refractivity contribution in [1.82, 2.24) is 10.2 Å². The Labute approximate surface area is 103 Å². The van der Waals surface area contributed by atoms with Crippen molar-refractivity contribution in [1.29, 1.82) is 0 Å². The summed E-state index contributed by atoms with van der Waals surface area (Å²) in [5.74, 6) is 0.251. The summed E-state index contributed by atoms with van der Waals surface area (Å²) in [6, 6.07) is -0.278. The maximum absolute atomic E-state index is 12.0. The summed E-state index contributed by atoms with van der Waals surface area (Å²) in [6.07, 6.45) is 3.49. The number of nitrogens with zero attached hydrogens (tertiary/aromatic N) is 1. The molecule has 1 aliphatic heterocycles. The smallest absolute Gasteiger partial charge is 0.243 e. The molecule has 1 N–H and O–H groups in total. The molecular weight excluding hydrogens is 216 g/mol. The number of hydrogen-bond acceptors (Lipinski definition) is 2. The Balaban J connectivity index is 2.14. The Morgan fingerprint density at radius 3 is 2.53 bits per heavy atom. The van der Waals surface area contributed by atoms with E-state index in [2.05, 4.69) is 12.2 Å². The highest BCUT2D eigenvalue weighted by molar-refractivity contribution is 5.95.